The highest BCUT2D eigenvalue weighted by Crippen LogP contribution is 2.40. The smallest absolute Gasteiger partial charge is 0.189 e. The molecule has 22 nitrogen and oxygen atoms in total. The molecule has 0 unspecified atom stereocenters. The lowest BCUT2D eigenvalue weighted by atomic mass is 10.2. The number of hydrogen-bond donors (Lipinski definition) is 2. The molecule has 6 heterocycles. The zero-order valence-corrected chi connectivity index (χ0v) is 45.2. The molecule has 0 bridgehead atoms. The number of aromatic nitrogens is 12. The van der Waals surface area contributed by atoms with Gasteiger partial charge >= 0.3 is 0 Å². The molecule has 2 aromatic carbocycles. The number of thiazole rings is 2. The largest absolute Gasteiger partial charge is 0.494 e. The molecule has 0 saturated heterocycles. The zero-order chi connectivity index (χ0) is 52.1. The molecule has 0 aliphatic heterocycles. The second kappa shape index (κ2) is 22.8. The number of methoxy groups -OCH3 is 6. The van der Waals surface area contributed by atoms with E-state index in [1.165, 1.54) is 77.7 Å². The Morgan fingerprint density at radius 2 is 0.931 bits per heavy atom. The van der Waals surface area contributed by atoms with E-state index >= 15 is 0 Å². The van der Waals surface area contributed by atoms with Gasteiger partial charge in [-0.3, -0.25) is 19.3 Å². The van der Waals surface area contributed by atoms with Gasteiger partial charge in [0, 0.05) is 25.6 Å². The quantitative estimate of drug-likeness (QED) is 0.0745. The van der Waals surface area contributed by atoms with Gasteiger partial charge in [-0.05, 0) is 64.1 Å². The Kier molecular flexibility index (Phi) is 17.1. The van der Waals surface area contributed by atoms with Gasteiger partial charge in [-0.2, -0.15) is 10.2 Å². The van der Waals surface area contributed by atoms with Crippen molar-refractivity contribution in [3.05, 3.63) is 103 Å². The van der Waals surface area contributed by atoms with Gasteiger partial charge in [0.25, 0.3) is 0 Å². The number of para-hydroxylation sites is 2. The maximum atomic E-state index is 13.6. The highest BCUT2D eigenvalue weighted by molar-refractivity contribution is 7.91. The average molecular weight is 1110 g/mol. The van der Waals surface area contributed by atoms with Crippen LogP contribution in [-0.4, -0.2) is 130 Å². The van der Waals surface area contributed by atoms with Crippen LogP contribution in [0.1, 0.15) is 59.1 Å². The van der Waals surface area contributed by atoms with Crippen LogP contribution in [0.25, 0.3) is 34.4 Å². The van der Waals surface area contributed by atoms with Gasteiger partial charge < -0.3 is 28.4 Å². The van der Waals surface area contributed by atoms with Gasteiger partial charge in [0.1, 0.15) is 88.2 Å². The van der Waals surface area contributed by atoms with Crippen molar-refractivity contribution in [2.45, 2.75) is 61.9 Å². The van der Waals surface area contributed by atoms with Crippen LogP contribution in [0.2, 0.25) is 8.67 Å². The lowest BCUT2D eigenvalue weighted by molar-refractivity contribution is 0.102. The fourth-order valence-corrected chi connectivity index (χ4v) is 12.8. The van der Waals surface area contributed by atoms with Gasteiger partial charge in [-0.25, -0.2) is 26.8 Å². The van der Waals surface area contributed by atoms with E-state index in [1.807, 2.05) is 13.8 Å². The van der Waals surface area contributed by atoms with Gasteiger partial charge in [0.2, 0.25) is 0 Å². The Balaban J connectivity index is 0.000000211. The summed E-state index contributed by atoms with van der Waals surface area (Å²) in [7, 11) is 1.27. The van der Waals surface area contributed by atoms with Crippen LogP contribution in [0.3, 0.4) is 0 Å². The first-order valence-corrected chi connectivity index (χ1v) is 27.3. The van der Waals surface area contributed by atoms with Crippen LogP contribution in [0.4, 0.5) is 0 Å². The number of nitrogens with zero attached hydrogens (tertiary/aromatic N) is 10. The Morgan fingerprint density at radius 3 is 1.19 bits per heavy atom. The Hall–Kier alpha value is -6.00. The number of ether oxygens (including phenoxy) is 6. The second-order valence-corrected chi connectivity index (χ2v) is 23.9. The van der Waals surface area contributed by atoms with E-state index in [9.17, 15) is 16.8 Å². The van der Waals surface area contributed by atoms with Crippen molar-refractivity contribution < 1.29 is 45.3 Å². The fourth-order valence-electron chi connectivity index (χ4n) is 7.57. The normalized spacial score (nSPS) is 13.5. The maximum Gasteiger partial charge on any atom is 0.189 e. The van der Waals surface area contributed by atoms with Crippen molar-refractivity contribution in [3.8, 4) is 57.4 Å². The number of aryl methyl sites for hydroxylation is 2. The topological polar surface area (TPSA) is 268 Å². The van der Waals surface area contributed by atoms with Crippen molar-refractivity contribution in [3.63, 3.8) is 0 Å². The van der Waals surface area contributed by atoms with Crippen LogP contribution in [0.5, 0.6) is 23.0 Å². The molecule has 4 atom stereocenters. The van der Waals surface area contributed by atoms with E-state index in [0.29, 0.717) is 76.1 Å². The third kappa shape index (κ3) is 11.3. The first-order chi connectivity index (χ1) is 34.4. The number of halogens is 2. The number of sulfone groups is 2. The molecule has 28 heteroatoms. The van der Waals surface area contributed by atoms with Crippen molar-refractivity contribution in [2.24, 2.45) is 0 Å². The molecule has 0 saturated carbocycles. The molecule has 0 spiro atoms. The summed E-state index contributed by atoms with van der Waals surface area (Å²) in [5, 5.41) is 30.5. The van der Waals surface area contributed by atoms with E-state index in [1.54, 1.807) is 71.5 Å². The molecule has 8 aromatic rings. The molecule has 0 aliphatic carbocycles. The molecule has 0 fully saturated rings. The standard InChI is InChI=1S/2C22H25ClN6O5S2/c2*1-12-9-14(26-25-12)21-28-27-18(29(21)19-15(32-3)7-6-8-16(19)33-4)11-36(30,31)13(2)20(34-5)22-24-10-17(23)35-22/h2*6-10,13,20H,11H2,1-5H3,(H,25,26)/t2*13-,20-/m10/s1. The van der Waals surface area contributed by atoms with Crippen LogP contribution < -0.4 is 18.9 Å². The lowest BCUT2D eigenvalue weighted by Gasteiger charge is -2.21. The SMILES string of the molecule is COc1cccc(OC)c1-n1c(CS(=O)(=O)[C@@H](C)[C@H](OC)c2ncc(Cl)s2)nnc1-c1cc(C)[nH]n1.COc1cccc(OC)c1-n1c(CS(=O)(=O)[C@H](C)[C@@H](OC)c2ncc(Cl)s2)nnc1-c1cc(C)[nH]n1. The number of nitrogens with one attached hydrogen (secondary N) is 2. The lowest BCUT2D eigenvalue weighted by Crippen LogP contribution is -2.29. The molecule has 8 rings (SSSR count). The summed E-state index contributed by atoms with van der Waals surface area (Å²) in [4.78, 5) is 8.41. The minimum absolute atomic E-state index is 0.160. The third-order valence-corrected chi connectivity index (χ3v) is 17.6. The van der Waals surface area contributed by atoms with Gasteiger partial charge in [-0.1, -0.05) is 35.3 Å². The predicted molar refractivity (Wildman–Crippen MR) is 271 cm³/mol. The van der Waals surface area contributed by atoms with E-state index in [0.717, 1.165) is 11.4 Å². The van der Waals surface area contributed by atoms with Crippen LogP contribution in [0, 0.1) is 13.8 Å². The monoisotopic (exact) mass is 1100 g/mol. The summed E-state index contributed by atoms with van der Waals surface area (Å²) in [6, 6.07) is 14.1. The molecule has 2 N–H and O–H groups in total. The highest BCUT2D eigenvalue weighted by atomic mass is 35.5. The second-order valence-electron chi connectivity index (χ2n) is 15.8. The summed E-state index contributed by atoms with van der Waals surface area (Å²) < 4.78 is 91.9. The van der Waals surface area contributed by atoms with E-state index < -0.39 is 53.9 Å². The molecule has 0 radical (unpaired) electrons. The average Bonchev–Trinajstić information content (AvgIpc) is 4.25. The maximum absolute atomic E-state index is 13.6. The number of rotatable bonds is 20. The van der Waals surface area contributed by atoms with E-state index in [4.69, 9.17) is 51.6 Å². The van der Waals surface area contributed by atoms with E-state index in [-0.39, 0.29) is 11.6 Å². The number of aromatic amines is 2. The first kappa shape index (κ1) is 53.8. The van der Waals surface area contributed by atoms with Gasteiger partial charge in [-0.15, -0.1) is 43.1 Å². The molecule has 6 aromatic heterocycles. The number of H-pyrrole nitrogens is 2. The Bertz CT molecular complexity index is 3110. The van der Waals surface area contributed by atoms with Crippen molar-refractivity contribution in [1.82, 2.24) is 59.9 Å². The minimum Gasteiger partial charge on any atom is -0.494 e. The van der Waals surface area contributed by atoms with Gasteiger partial charge in [0.15, 0.2) is 43.0 Å². The summed E-state index contributed by atoms with van der Waals surface area (Å²) in [5.74, 6) is 1.88. The summed E-state index contributed by atoms with van der Waals surface area (Å²) in [6.07, 6.45) is 1.32. The summed E-state index contributed by atoms with van der Waals surface area (Å²) in [5.41, 5.74) is 3.49. The van der Waals surface area contributed by atoms with Crippen LogP contribution in [0.15, 0.2) is 60.9 Å². The van der Waals surface area contributed by atoms with Crippen LogP contribution in [-0.2, 0) is 40.7 Å². The summed E-state index contributed by atoms with van der Waals surface area (Å²) >= 11 is 14.4. The van der Waals surface area contributed by atoms with Gasteiger partial charge in [0.05, 0.1) is 51.3 Å². The minimum atomic E-state index is -3.83. The summed E-state index contributed by atoms with van der Waals surface area (Å²) in [6.45, 7) is 6.84. The number of benzene rings is 2. The number of hydrogen-bond acceptors (Lipinski definition) is 20. The Labute approximate surface area is 432 Å². The fraction of sp³-hybridized carbons (Fsp3) is 0.364. The van der Waals surface area contributed by atoms with E-state index in [2.05, 4.69) is 50.8 Å². The first-order valence-electron chi connectivity index (χ1n) is 21.5. The molecule has 72 heavy (non-hydrogen) atoms. The van der Waals surface area contributed by atoms with Crippen molar-refractivity contribution in [1.29, 1.82) is 0 Å². The molecule has 0 amide bonds. The predicted octanol–water partition coefficient (Wildman–Crippen LogP) is 7.57. The van der Waals surface area contributed by atoms with Crippen LogP contribution >= 0.6 is 45.9 Å². The molecular weight excluding hydrogens is 1060 g/mol. The molecular formula is C44H50Cl2N12O10S4. The Morgan fingerprint density at radius 1 is 0.583 bits per heavy atom. The van der Waals surface area contributed by atoms with Crippen molar-refractivity contribution >= 4 is 65.5 Å². The molecule has 384 valence electrons. The van der Waals surface area contributed by atoms with Crippen molar-refractivity contribution in [2.75, 3.05) is 42.7 Å². The highest BCUT2D eigenvalue weighted by Gasteiger charge is 2.37. The zero-order valence-electron chi connectivity index (χ0n) is 40.4. The molecule has 0 aliphatic rings. The third-order valence-electron chi connectivity index (χ3n) is 11.2.